The van der Waals surface area contributed by atoms with E-state index in [1.54, 1.807) is 0 Å². The molecule has 0 aliphatic heterocycles. The topological polar surface area (TPSA) is 127 Å². The minimum absolute atomic E-state index is 0. The number of hydrogen-bond acceptors (Lipinski definition) is 3. The van der Waals surface area contributed by atoms with Crippen molar-refractivity contribution in [2.24, 2.45) is 11.5 Å². The molecule has 0 aliphatic carbocycles. The van der Waals surface area contributed by atoms with Crippen molar-refractivity contribution in [1.29, 1.82) is 0 Å². The molecule has 0 aliphatic rings. The molecule has 0 aromatic rings. The molecule has 67 valence electrons. The van der Waals surface area contributed by atoms with Crippen LogP contribution in [0.3, 0.4) is 0 Å². The second kappa shape index (κ2) is 7.19. The quantitative estimate of drug-likeness (QED) is 0.230. The maximum atomic E-state index is 8.74. The first-order valence-corrected chi connectivity index (χ1v) is 3.29. The minimum Gasteiger partial charge on any atom is -0.377 e. The van der Waals surface area contributed by atoms with Gasteiger partial charge in [0.2, 0.25) is 0 Å². The summed E-state index contributed by atoms with van der Waals surface area (Å²) in [5.41, 5.74) is 9.24. The third-order valence-corrected chi connectivity index (χ3v) is 0. The van der Waals surface area contributed by atoms with Crippen molar-refractivity contribution in [2.75, 3.05) is 0 Å². The first kappa shape index (κ1) is 16.6. The van der Waals surface area contributed by atoms with Gasteiger partial charge in [0.1, 0.15) is 0 Å². The van der Waals surface area contributed by atoms with Crippen LogP contribution in [0.5, 0.6) is 0 Å². The van der Waals surface area contributed by atoms with Crippen molar-refractivity contribution in [1.82, 2.24) is 0 Å². The molecule has 0 rings (SSSR count). The van der Waals surface area contributed by atoms with Gasteiger partial charge in [0.05, 0.1) is 0 Å². The number of nitrogens with two attached hydrogens (primary N) is 2. The van der Waals surface area contributed by atoms with Gasteiger partial charge >= 0.3 is 10.4 Å². The average Bonchev–Trinajstić information content (AvgIpc) is 1.19. The zero-order valence-corrected chi connectivity index (χ0v) is 7.06. The Morgan fingerprint density at radius 1 is 1.30 bits per heavy atom. The van der Waals surface area contributed by atoms with Gasteiger partial charge in [-0.05, 0) is 12.2 Å². The zero-order chi connectivity index (χ0) is 8.08. The van der Waals surface area contributed by atoms with Crippen LogP contribution in [0.2, 0.25) is 0 Å². The Hall–Kier alpha value is 0.0795. The Morgan fingerprint density at radius 3 is 1.30 bits per heavy atom. The van der Waals surface area contributed by atoms with Crippen LogP contribution in [-0.2, 0) is 27.5 Å². The molecule has 0 heterocycles. The van der Waals surface area contributed by atoms with E-state index in [9.17, 15) is 0 Å². The molecular formula is CH6CuN2O4S2. The summed E-state index contributed by atoms with van der Waals surface area (Å²) < 4.78 is 31.6. The van der Waals surface area contributed by atoms with Crippen LogP contribution in [0.25, 0.3) is 0 Å². The monoisotopic (exact) mass is 237 g/mol. The summed E-state index contributed by atoms with van der Waals surface area (Å²) in [6.45, 7) is 0. The molecule has 1 radical (unpaired) electrons. The van der Waals surface area contributed by atoms with Crippen LogP contribution < -0.4 is 11.5 Å². The molecule has 0 saturated heterocycles. The zero-order valence-electron chi connectivity index (χ0n) is 4.48. The molecule has 6 N–H and O–H groups in total. The van der Waals surface area contributed by atoms with Gasteiger partial charge in [-0.25, -0.2) is 0 Å². The summed E-state index contributed by atoms with van der Waals surface area (Å²) in [4.78, 5) is 0. The van der Waals surface area contributed by atoms with E-state index in [4.69, 9.17) is 17.5 Å². The maximum absolute atomic E-state index is 8.74. The summed E-state index contributed by atoms with van der Waals surface area (Å²) in [6, 6.07) is 0. The van der Waals surface area contributed by atoms with E-state index in [2.05, 4.69) is 23.7 Å². The molecule has 9 heteroatoms. The molecule has 0 bridgehead atoms. The first-order valence-electron chi connectivity index (χ1n) is 1.48. The Kier molecular flexibility index (Phi) is 11.9. The predicted molar refractivity (Wildman–Crippen MR) is 35.2 cm³/mol. The first-order chi connectivity index (χ1) is 3.73. The molecule has 6 nitrogen and oxygen atoms in total. The Balaban J connectivity index is -0.0000000910. The number of hydrogen-bond donors (Lipinski definition) is 4. The standard InChI is InChI=1S/CH4N2S.Cu.H2O4S/c2-1(3)4;;1-5(2,3)4/h(H4,2,3,4);;(H2,1,2,3,4). The van der Waals surface area contributed by atoms with E-state index in [0.29, 0.717) is 0 Å². The fourth-order valence-electron chi connectivity index (χ4n) is 0. The van der Waals surface area contributed by atoms with E-state index in [1.807, 2.05) is 0 Å². The second-order valence-electron chi connectivity index (χ2n) is 0.850. The molecule has 0 atom stereocenters. The Bertz CT molecular complexity index is 164. The Morgan fingerprint density at radius 2 is 1.30 bits per heavy atom. The van der Waals surface area contributed by atoms with E-state index in [-0.39, 0.29) is 22.2 Å². The SMILES string of the molecule is NC(N)=S.O=S(=O)(O)O.[Cu]. The van der Waals surface area contributed by atoms with E-state index < -0.39 is 10.4 Å². The van der Waals surface area contributed by atoms with Gasteiger partial charge in [0.25, 0.3) is 0 Å². The van der Waals surface area contributed by atoms with E-state index in [1.165, 1.54) is 0 Å². The van der Waals surface area contributed by atoms with Crippen molar-refractivity contribution >= 4 is 27.7 Å². The molecule has 0 unspecified atom stereocenters. The summed E-state index contributed by atoms with van der Waals surface area (Å²) in [6.07, 6.45) is 0. The fourth-order valence-corrected chi connectivity index (χ4v) is 0. The van der Waals surface area contributed by atoms with Crippen LogP contribution in [0.4, 0.5) is 0 Å². The number of rotatable bonds is 0. The van der Waals surface area contributed by atoms with Gasteiger partial charge in [-0.1, -0.05) is 0 Å². The van der Waals surface area contributed by atoms with Crippen molar-refractivity contribution in [3.63, 3.8) is 0 Å². The summed E-state index contributed by atoms with van der Waals surface area (Å²) >= 11 is 4.09. The molecule has 10 heavy (non-hydrogen) atoms. The molecule has 0 saturated carbocycles. The van der Waals surface area contributed by atoms with Gasteiger partial charge in [-0.3, -0.25) is 9.11 Å². The van der Waals surface area contributed by atoms with Gasteiger partial charge in [-0.2, -0.15) is 8.42 Å². The predicted octanol–water partition coefficient (Wildman–Crippen LogP) is -1.47. The summed E-state index contributed by atoms with van der Waals surface area (Å²) in [5, 5.41) is 0.000000000000000222. The van der Waals surface area contributed by atoms with Crippen molar-refractivity contribution < 1.29 is 34.6 Å². The van der Waals surface area contributed by atoms with Crippen LogP contribution in [0, 0.1) is 0 Å². The summed E-state index contributed by atoms with van der Waals surface area (Å²) in [5.74, 6) is 0. The average molecular weight is 238 g/mol. The fraction of sp³-hybridized carbons (Fsp3) is 0. The van der Waals surface area contributed by atoms with Crippen molar-refractivity contribution in [3.8, 4) is 0 Å². The largest absolute Gasteiger partial charge is 0.394 e. The third kappa shape index (κ3) is 64100. The van der Waals surface area contributed by atoms with Crippen LogP contribution in [0.1, 0.15) is 0 Å². The number of thiocarbonyl (C=S) groups is 1. The maximum Gasteiger partial charge on any atom is 0.394 e. The van der Waals surface area contributed by atoms with Gasteiger partial charge in [-0.15, -0.1) is 0 Å². The Labute approximate surface area is 74.0 Å². The molecule has 0 amide bonds. The molecular weight excluding hydrogens is 232 g/mol. The van der Waals surface area contributed by atoms with Crippen molar-refractivity contribution in [2.45, 2.75) is 0 Å². The van der Waals surface area contributed by atoms with Gasteiger partial charge < -0.3 is 11.5 Å². The van der Waals surface area contributed by atoms with Crippen LogP contribution in [0.15, 0.2) is 0 Å². The minimum atomic E-state index is -4.67. The van der Waals surface area contributed by atoms with Crippen LogP contribution in [-0.4, -0.2) is 22.6 Å². The third-order valence-electron chi connectivity index (χ3n) is 0. The van der Waals surface area contributed by atoms with Gasteiger partial charge in [0, 0.05) is 17.1 Å². The van der Waals surface area contributed by atoms with Crippen molar-refractivity contribution in [3.05, 3.63) is 0 Å². The van der Waals surface area contributed by atoms with Crippen LogP contribution >= 0.6 is 12.2 Å². The van der Waals surface area contributed by atoms with E-state index in [0.717, 1.165) is 0 Å². The van der Waals surface area contributed by atoms with Gasteiger partial charge in [0.15, 0.2) is 5.11 Å². The molecule has 0 fully saturated rings. The summed E-state index contributed by atoms with van der Waals surface area (Å²) in [7, 11) is -4.67. The smallest absolute Gasteiger partial charge is 0.377 e. The normalized spacial score (nSPS) is 8.20. The molecule has 0 spiro atoms. The van der Waals surface area contributed by atoms with E-state index >= 15 is 0 Å². The molecule has 0 aromatic carbocycles. The molecule has 0 aromatic heterocycles. The second-order valence-corrected chi connectivity index (χ2v) is 2.22.